The fourth-order valence-corrected chi connectivity index (χ4v) is 1.64. The molecule has 1 rings (SSSR count). The fourth-order valence-electron chi connectivity index (χ4n) is 1.01. The van der Waals surface area contributed by atoms with Crippen LogP contribution in [0.5, 0.6) is 0 Å². The van der Waals surface area contributed by atoms with Gasteiger partial charge < -0.3 is 4.74 Å². The summed E-state index contributed by atoms with van der Waals surface area (Å²) in [7, 11) is 1.70. The zero-order valence-corrected chi connectivity index (χ0v) is 7.94. The fraction of sp³-hybridized carbons (Fsp3) is 0.625. The van der Waals surface area contributed by atoms with Gasteiger partial charge in [-0.2, -0.15) is 0 Å². The van der Waals surface area contributed by atoms with Gasteiger partial charge in [0.1, 0.15) is 0 Å². The zero-order valence-electron chi connectivity index (χ0n) is 7.13. The second kappa shape index (κ2) is 3.93. The number of methoxy groups -OCH3 is 1. The SMILES string of the molecule is COC1CC=C(C)C(SC)=N1. The Kier molecular flexibility index (Phi) is 3.15. The van der Waals surface area contributed by atoms with Crippen LogP contribution in [0.4, 0.5) is 0 Å². The van der Waals surface area contributed by atoms with Crippen LogP contribution in [0.15, 0.2) is 16.6 Å². The molecule has 62 valence electrons. The summed E-state index contributed by atoms with van der Waals surface area (Å²) < 4.78 is 5.13. The minimum atomic E-state index is 0.0427. The zero-order chi connectivity index (χ0) is 8.27. The maximum atomic E-state index is 5.13. The van der Waals surface area contributed by atoms with Gasteiger partial charge in [0.25, 0.3) is 0 Å². The van der Waals surface area contributed by atoms with Gasteiger partial charge in [0.15, 0.2) is 6.23 Å². The summed E-state index contributed by atoms with van der Waals surface area (Å²) in [4.78, 5) is 4.39. The lowest BCUT2D eigenvalue weighted by Crippen LogP contribution is -2.14. The van der Waals surface area contributed by atoms with Crippen LogP contribution >= 0.6 is 11.8 Å². The topological polar surface area (TPSA) is 21.6 Å². The third kappa shape index (κ3) is 2.07. The lowest BCUT2D eigenvalue weighted by molar-refractivity contribution is 0.112. The van der Waals surface area contributed by atoms with Crippen LogP contribution in [0.2, 0.25) is 0 Å². The number of aliphatic imine (C=N–C) groups is 1. The molecule has 0 amide bonds. The number of dihydropyridines is 1. The van der Waals surface area contributed by atoms with Crippen molar-refractivity contribution in [2.75, 3.05) is 13.4 Å². The van der Waals surface area contributed by atoms with Crippen molar-refractivity contribution >= 4 is 16.8 Å². The van der Waals surface area contributed by atoms with E-state index in [-0.39, 0.29) is 6.23 Å². The van der Waals surface area contributed by atoms with E-state index < -0.39 is 0 Å². The second-order valence-electron chi connectivity index (χ2n) is 2.45. The summed E-state index contributed by atoms with van der Waals surface area (Å²) in [6.07, 6.45) is 5.16. The van der Waals surface area contributed by atoms with Gasteiger partial charge in [-0.3, -0.25) is 0 Å². The number of ether oxygens (including phenoxy) is 1. The van der Waals surface area contributed by atoms with Gasteiger partial charge in [-0.25, -0.2) is 4.99 Å². The van der Waals surface area contributed by atoms with E-state index in [4.69, 9.17) is 4.74 Å². The van der Waals surface area contributed by atoms with Crippen molar-refractivity contribution in [1.82, 2.24) is 0 Å². The van der Waals surface area contributed by atoms with E-state index in [0.717, 1.165) is 11.5 Å². The first kappa shape index (κ1) is 8.81. The Hall–Kier alpha value is -0.280. The third-order valence-corrected chi connectivity index (χ3v) is 2.50. The molecule has 1 heterocycles. The molecule has 0 aromatic rings. The third-order valence-electron chi connectivity index (χ3n) is 1.69. The summed E-state index contributed by atoms with van der Waals surface area (Å²) in [5.41, 5.74) is 1.27. The molecule has 0 saturated carbocycles. The average Bonchev–Trinajstić information content (AvgIpc) is 2.05. The first-order valence-electron chi connectivity index (χ1n) is 3.59. The standard InChI is InChI=1S/C8H13NOS/c1-6-4-5-7(10-2)9-8(6)11-3/h4,7H,5H2,1-3H3. The van der Waals surface area contributed by atoms with E-state index in [1.54, 1.807) is 18.9 Å². The van der Waals surface area contributed by atoms with Crippen LogP contribution in [0.3, 0.4) is 0 Å². The highest BCUT2D eigenvalue weighted by Crippen LogP contribution is 2.18. The number of nitrogens with zero attached hydrogens (tertiary/aromatic N) is 1. The van der Waals surface area contributed by atoms with Gasteiger partial charge in [0, 0.05) is 13.5 Å². The van der Waals surface area contributed by atoms with Crippen LogP contribution in [0, 0.1) is 0 Å². The van der Waals surface area contributed by atoms with E-state index in [0.29, 0.717) is 0 Å². The highest BCUT2D eigenvalue weighted by molar-refractivity contribution is 8.13. The molecular weight excluding hydrogens is 158 g/mol. The van der Waals surface area contributed by atoms with Crippen molar-refractivity contribution in [2.24, 2.45) is 4.99 Å². The van der Waals surface area contributed by atoms with Gasteiger partial charge in [-0.15, -0.1) is 11.8 Å². The predicted octanol–water partition coefficient (Wildman–Crippen LogP) is 2.07. The Labute approximate surface area is 71.7 Å². The molecule has 0 aliphatic carbocycles. The van der Waals surface area contributed by atoms with Crippen molar-refractivity contribution in [3.8, 4) is 0 Å². The Morgan fingerprint density at radius 3 is 3.00 bits per heavy atom. The maximum absolute atomic E-state index is 5.13. The van der Waals surface area contributed by atoms with Gasteiger partial charge in [0.05, 0.1) is 5.04 Å². The first-order chi connectivity index (χ1) is 5.27. The van der Waals surface area contributed by atoms with Gasteiger partial charge in [0.2, 0.25) is 0 Å². The number of rotatable bonds is 1. The van der Waals surface area contributed by atoms with Crippen molar-refractivity contribution in [2.45, 2.75) is 19.6 Å². The second-order valence-corrected chi connectivity index (χ2v) is 3.25. The van der Waals surface area contributed by atoms with Gasteiger partial charge in [-0.05, 0) is 18.8 Å². The van der Waals surface area contributed by atoms with Gasteiger partial charge in [-0.1, -0.05) is 6.08 Å². The first-order valence-corrected chi connectivity index (χ1v) is 4.82. The summed E-state index contributed by atoms with van der Waals surface area (Å²) in [5, 5.41) is 1.10. The molecule has 0 bridgehead atoms. The summed E-state index contributed by atoms with van der Waals surface area (Å²) >= 11 is 1.67. The van der Waals surface area contributed by atoms with E-state index in [1.165, 1.54) is 5.57 Å². The quantitative estimate of drug-likeness (QED) is 0.602. The largest absolute Gasteiger partial charge is 0.359 e. The molecule has 0 aromatic heterocycles. The molecule has 2 nitrogen and oxygen atoms in total. The molecule has 1 atom stereocenters. The normalized spacial score (nSPS) is 24.5. The summed E-state index contributed by atoms with van der Waals surface area (Å²) in [6, 6.07) is 0. The highest BCUT2D eigenvalue weighted by atomic mass is 32.2. The minimum absolute atomic E-state index is 0.0427. The average molecular weight is 171 g/mol. The molecule has 3 heteroatoms. The molecule has 0 N–H and O–H groups in total. The number of hydrogen-bond acceptors (Lipinski definition) is 3. The lowest BCUT2D eigenvalue weighted by atomic mass is 10.2. The Morgan fingerprint density at radius 2 is 2.45 bits per heavy atom. The minimum Gasteiger partial charge on any atom is -0.359 e. The van der Waals surface area contributed by atoms with Crippen molar-refractivity contribution in [3.05, 3.63) is 11.6 Å². The maximum Gasteiger partial charge on any atom is 0.152 e. The van der Waals surface area contributed by atoms with Crippen LogP contribution in [-0.4, -0.2) is 24.6 Å². The molecule has 0 fully saturated rings. The number of thioether (sulfide) groups is 1. The van der Waals surface area contributed by atoms with Crippen LogP contribution in [0.25, 0.3) is 0 Å². The summed E-state index contributed by atoms with van der Waals surface area (Å²) in [5.74, 6) is 0. The number of hydrogen-bond donors (Lipinski definition) is 0. The van der Waals surface area contributed by atoms with Crippen LogP contribution in [0.1, 0.15) is 13.3 Å². The van der Waals surface area contributed by atoms with Crippen LogP contribution < -0.4 is 0 Å². The van der Waals surface area contributed by atoms with Crippen molar-refractivity contribution in [3.63, 3.8) is 0 Å². The molecule has 11 heavy (non-hydrogen) atoms. The molecule has 0 aromatic carbocycles. The van der Waals surface area contributed by atoms with Gasteiger partial charge >= 0.3 is 0 Å². The molecule has 0 spiro atoms. The molecule has 1 aliphatic rings. The Bertz CT molecular complexity index is 198. The van der Waals surface area contributed by atoms with E-state index in [1.807, 2.05) is 6.26 Å². The van der Waals surface area contributed by atoms with E-state index in [9.17, 15) is 0 Å². The monoisotopic (exact) mass is 171 g/mol. The van der Waals surface area contributed by atoms with Crippen LogP contribution in [-0.2, 0) is 4.74 Å². The Morgan fingerprint density at radius 1 is 1.73 bits per heavy atom. The van der Waals surface area contributed by atoms with Crippen molar-refractivity contribution < 1.29 is 4.74 Å². The van der Waals surface area contributed by atoms with E-state index >= 15 is 0 Å². The lowest BCUT2D eigenvalue weighted by Gasteiger charge is -2.16. The van der Waals surface area contributed by atoms with E-state index in [2.05, 4.69) is 18.0 Å². The molecule has 0 saturated heterocycles. The predicted molar refractivity (Wildman–Crippen MR) is 50.1 cm³/mol. The van der Waals surface area contributed by atoms with Crippen molar-refractivity contribution in [1.29, 1.82) is 0 Å². The molecular formula is C8H13NOS. The molecule has 1 aliphatic heterocycles. The Balaban J connectivity index is 2.69. The highest BCUT2D eigenvalue weighted by Gasteiger charge is 2.12. The molecule has 1 unspecified atom stereocenters. The smallest absolute Gasteiger partial charge is 0.152 e. The summed E-state index contributed by atoms with van der Waals surface area (Å²) in [6.45, 7) is 2.08. The molecule has 0 radical (unpaired) electrons.